The van der Waals surface area contributed by atoms with E-state index in [4.69, 9.17) is 0 Å². The van der Waals surface area contributed by atoms with Crippen LogP contribution in [0.1, 0.15) is 25.7 Å². The molecule has 1 unspecified atom stereocenters. The summed E-state index contributed by atoms with van der Waals surface area (Å²) in [5.74, 6) is -3.02. The Labute approximate surface area is 138 Å². The molecule has 2 atom stereocenters. The van der Waals surface area contributed by atoms with Crippen molar-refractivity contribution in [1.82, 2.24) is 4.90 Å². The van der Waals surface area contributed by atoms with Gasteiger partial charge in [0, 0.05) is 18.8 Å². The number of anilines is 1. The number of piperidine rings is 1. The fourth-order valence-electron chi connectivity index (χ4n) is 3.44. The molecule has 0 aromatic heterocycles. The minimum Gasteiger partial charge on any atom is -0.480 e. The topological polar surface area (TPSA) is 77.9 Å². The normalized spacial score (nSPS) is 24.3. The molecule has 0 bridgehead atoms. The van der Waals surface area contributed by atoms with Crippen LogP contribution >= 0.6 is 0 Å². The molecule has 0 radical (unpaired) electrons. The highest BCUT2D eigenvalue weighted by molar-refractivity contribution is 6.10. The van der Waals surface area contributed by atoms with Crippen LogP contribution in [0.15, 0.2) is 24.3 Å². The molecule has 1 aromatic rings. The summed E-state index contributed by atoms with van der Waals surface area (Å²) in [6, 6.07) is 4.69. The van der Waals surface area contributed by atoms with Crippen molar-refractivity contribution in [3.8, 4) is 0 Å². The van der Waals surface area contributed by atoms with Gasteiger partial charge in [0.2, 0.25) is 11.8 Å². The van der Waals surface area contributed by atoms with Gasteiger partial charge in [0.15, 0.2) is 0 Å². The summed E-state index contributed by atoms with van der Waals surface area (Å²) in [7, 11) is 0. The lowest BCUT2D eigenvalue weighted by Gasteiger charge is -2.34. The second-order valence-corrected chi connectivity index (χ2v) is 6.19. The largest absolute Gasteiger partial charge is 0.480 e. The van der Waals surface area contributed by atoms with E-state index < -0.39 is 29.7 Å². The summed E-state index contributed by atoms with van der Waals surface area (Å²) in [4.78, 5) is 39.5. The molecule has 24 heavy (non-hydrogen) atoms. The molecular weight excluding hydrogens is 315 g/mol. The molecule has 3 rings (SSSR count). The summed E-state index contributed by atoms with van der Waals surface area (Å²) in [6.07, 6.45) is 2.28. The third-order valence-electron chi connectivity index (χ3n) is 4.71. The van der Waals surface area contributed by atoms with E-state index in [0.717, 1.165) is 12.8 Å². The number of carbonyl (C=O) groups is 3. The molecule has 0 spiro atoms. The van der Waals surface area contributed by atoms with E-state index in [-0.39, 0.29) is 5.91 Å². The van der Waals surface area contributed by atoms with Gasteiger partial charge in [0.05, 0.1) is 0 Å². The van der Waals surface area contributed by atoms with Crippen LogP contribution in [0.2, 0.25) is 0 Å². The van der Waals surface area contributed by atoms with E-state index in [2.05, 4.69) is 0 Å². The number of hydrogen-bond donors (Lipinski definition) is 1. The maximum atomic E-state index is 13.0. The van der Waals surface area contributed by atoms with Crippen LogP contribution in [0.4, 0.5) is 10.1 Å². The first-order valence-corrected chi connectivity index (χ1v) is 8.09. The zero-order valence-corrected chi connectivity index (χ0v) is 13.2. The lowest BCUT2D eigenvalue weighted by Crippen LogP contribution is -2.51. The van der Waals surface area contributed by atoms with Crippen molar-refractivity contribution in [1.29, 1.82) is 0 Å². The van der Waals surface area contributed by atoms with Crippen LogP contribution in [0.5, 0.6) is 0 Å². The van der Waals surface area contributed by atoms with E-state index in [1.54, 1.807) is 0 Å². The van der Waals surface area contributed by atoms with Crippen molar-refractivity contribution in [3.05, 3.63) is 30.1 Å². The average Bonchev–Trinajstić information content (AvgIpc) is 2.96. The fraction of sp³-hybridized carbons (Fsp3) is 0.471. The molecular formula is C17H19FN2O4. The Hall–Kier alpha value is -2.44. The highest BCUT2D eigenvalue weighted by Crippen LogP contribution is 2.29. The molecule has 7 heteroatoms. The molecule has 1 N–H and O–H groups in total. The zero-order chi connectivity index (χ0) is 17.3. The Morgan fingerprint density at radius 2 is 1.79 bits per heavy atom. The first-order valence-electron chi connectivity index (χ1n) is 8.09. The van der Waals surface area contributed by atoms with Gasteiger partial charge >= 0.3 is 5.97 Å². The van der Waals surface area contributed by atoms with Crippen LogP contribution in [0.3, 0.4) is 0 Å². The predicted octanol–water partition coefficient (Wildman–Crippen LogP) is 1.64. The summed E-state index contributed by atoms with van der Waals surface area (Å²) in [5.41, 5.74) is 0.546. The number of carbonyl (C=O) groups excluding carboxylic acids is 2. The van der Waals surface area contributed by atoms with E-state index in [0.29, 0.717) is 31.6 Å². The van der Waals surface area contributed by atoms with Crippen molar-refractivity contribution >= 4 is 23.5 Å². The van der Waals surface area contributed by atoms with Gasteiger partial charge in [-0.3, -0.25) is 9.59 Å². The highest BCUT2D eigenvalue weighted by Gasteiger charge is 2.43. The Morgan fingerprint density at radius 3 is 2.46 bits per heavy atom. The van der Waals surface area contributed by atoms with Crippen molar-refractivity contribution < 1.29 is 23.9 Å². The van der Waals surface area contributed by atoms with Crippen LogP contribution < -0.4 is 4.90 Å². The van der Waals surface area contributed by atoms with E-state index in [9.17, 15) is 23.9 Å². The average molecular weight is 334 g/mol. The molecule has 1 aromatic carbocycles. The number of likely N-dealkylation sites (tertiary alicyclic amines) is 1. The fourth-order valence-corrected chi connectivity index (χ4v) is 3.44. The summed E-state index contributed by atoms with van der Waals surface area (Å²) in [5, 5.41) is 9.30. The molecule has 2 aliphatic heterocycles. The molecule has 2 saturated heterocycles. The van der Waals surface area contributed by atoms with Gasteiger partial charge in [-0.1, -0.05) is 0 Å². The predicted molar refractivity (Wildman–Crippen MR) is 83.8 cm³/mol. The Balaban J connectivity index is 1.75. The quantitative estimate of drug-likeness (QED) is 0.853. The highest BCUT2D eigenvalue weighted by atomic mass is 19.1. The molecule has 2 fully saturated rings. The number of carboxylic acids is 1. The number of amides is 2. The zero-order valence-electron chi connectivity index (χ0n) is 13.2. The van der Waals surface area contributed by atoms with Gasteiger partial charge in [-0.25, -0.2) is 9.18 Å². The first kappa shape index (κ1) is 16.4. The number of nitrogens with zero attached hydrogens (tertiary/aromatic N) is 2. The molecule has 2 aliphatic rings. The van der Waals surface area contributed by atoms with E-state index in [1.165, 1.54) is 34.1 Å². The van der Waals surface area contributed by atoms with Gasteiger partial charge in [-0.15, -0.1) is 0 Å². The molecule has 2 amide bonds. The number of rotatable bonds is 3. The Kier molecular flexibility index (Phi) is 4.51. The van der Waals surface area contributed by atoms with Gasteiger partial charge < -0.3 is 14.9 Å². The number of hydrogen-bond acceptors (Lipinski definition) is 3. The minimum atomic E-state index is -1.02. The van der Waals surface area contributed by atoms with E-state index in [1.807, 2.05) is 0 Å². The van der Waals surface area contributed by atoms with Gasteiger partial charge in [0.25, 0.3) is 0 Å². The van der Waals surface area contributed by atoms with Crippen LogP contribution in [-0.4, -0.2) is 46.9 Å². The maximum Gasteiger partial charge on any atom is 0.326 e. The third-order valence-corrected chi connectivity index (χ3v) is 4.71. The third kappa shape index (κ3) is 2.98. The van der Waals surface area contributed by atoms with E-state index >= 15 is 0 Å². The van der Waals surface area contributed by atoms with Crippen molar-refractivity contribution in [3.63, 3.8) is 0 Å². The standard InChI is InChI=1S/C17H19FN2O4/c18-11-4-6-12(7-5-11)19-10-8-13(15(19)21)16(22)20-9-2-1-3-14(20)17(23)24/h4-7,13-14H,1-3,8-10H2,(H,23,24)/t13?,14-/m1/s1. The molecule has 6 nitrogen and oxygen atoms in total. The lowest BCUT2D eigenvalue weighted by atomic mass is 9.98. The van der Waals surface area contributed by atoms with Crippen LogP contribution in [0.25, 0.3) is 0 Å². The number of carboxylic acid groups (broad SMARTS) is 1. The summed E-state index contributed by atoms with van der Waals surface area (Å²) < 4.78 is 13.0. The molecule has 2 heterocycles. The van der Waals surface area contributed by atoms with Gasteiger partial charge in [0.1, 0.15) is 17.8 Å². The molecule has 0 aliphatic carbocycles. The SMILES string of the molecule is O=C(O)[C@H]1CCCCN1C(=O)C1CCN(c2ccc(F)cc2)C1=O. The van der Waals surface area contributed by atoms with Gasteiger partial charge in [-0.2, -0.15) is 0 Å². The molecule has 0 saturated carbocycles. The summed E-state index contributed by atoms with van der Waals surface area (Å²) >= 11 is 0. The Bertz CT molecular complexity index is 661. The second-order valence-electron chi connectivity index (χ2n) is 6.19. The second kappa shape index (κ2) is 6.59. The molecule has 128 valence electrons. The summed E-state index contributed by atoms with van der Waals surface area (Å²) in [6.45, 7) is 0.739. The number of aliphatic carboxylic acids is 1. The Morgan fingerprint density at radius 1 is 1.08 bits per heavy atom. The monoisotopic (exact) mass is 334 g/mol. The van der Waals surface area contributed by atoms with Crippen LogP contribution in [-0.2, 0) is 14.4 Å². The maximum absolute atomic E-state index is 13.0. The number of halogens is 1. The minimum absolute atomic E-state index is 0.345. The van der Waals surface area contributed by atoms with Crippen LogP contribution in [0, 0.1) is 11.7 Å². The van der Waals surface area contributed by atoms with Gasteiger partial charge in [-0.05, 0) is 49.9 Å². The number of benzene rings is 1. The lowest BCUT2D eigenvalue weighted by molar-refractivity contribution is -0.155. The first-order chi connectivity index (χ1) is 11.5. The van der Waals surface area contributed by atoms with Crippen molar-refractivity contribution in [2.75, 3.05) is 18.0 Å². The van der Waals surface area contributed by atoms with Crippen molar-refractivity contribution in [2.24, 2.45) is 5.92 Å². The smallest absolute Gasteiger partial charge is 0.326 e. The van der Waals surface area contributed by atoms with Crippen molar-refractivity contribution in [2.45, 2.75) is 31.7 Å².